The van der Waals surface area contributed by atoms with Gasteiger partial charge in [0.05, 0.1) is 5.69 Å². The van der Waals surface area contributed by atoms with Gasteiger partial charge in [-0.1, -0.05) is 72.8 Å². The van der Waals surface area contributed by atoms with Crippen molar-refractivity contribution in [3.05, 3.63) is 109 Å². The van der Waals surface area contributed by atoms with Gasteiger partial charge in [0, 0.05) is 17.1 Å². The number of rotatable bonds is 5. The number of amides is 1. The van der Waals surface area contributed by atoms with Gasteiger partial charge in [-0.15, -0.1) is 0 Å². The summed E-state index contributed by atoms with van der Waals surface area (Å²) < 4.78 is 34.0. The SMILES string of the molecule is O=C(/C=C/c1ccccc1)N(c1ccccc1)c1cccc2cccc(S(=O)(=O)O)c12. The van der Waals surface area contributed by atoms with Gasteiger partial charge in [0.15, 0.2) is 0 Å². The lowest BCUT2D eigenvalue weighted by Gasteiger charge is -2.24. The van der Waals surface area contributed by atoms with Crippen LogP contribution in [0.25, 0.3) is 16.8 Å². The molecule has 0 heterocycles. The fourth-order valence-corrected chi connectivity index (χ4v) is 4.19. The molecule has 0 spiro atoms. The first kappa shape index (κ1) is 20.5. The zero-order chi connectivity index (χ0) is 21.8. The van der Waals surface area contributed by atoms with Crippen molar-refractivity contribution in [3.8, 4) is 0 Å². The van der Waals surface area contributed by atoms with E-state index >= 15 is 0 Å². The molecule has 4 aromatic rings. The largest absolute Gasteiger partial charge is 0.295 e. The standard InChI is InChI=1S/C25H19NO4S/c27-24(18-17-19-9-3-1-4-10-19)26(21-13-5-2-6-14-21)22-15-7-11-20-12-8-16-23(25(20)22)31(28,29)30/h1-18H,(H,28,29,30)/b18-17+. The van der Waals surface area contributed by atoms with Crippen LogP contribution in [0.5, 0.6) is 0 Å². The zero-order valence-electron chi connectivity index (χ0n) is 16.4. The maximum atomic E-state index is 13.3. The number of hydrogen-bond donors (Lipinski definition) is 1. The number of benzene rings is 4. The van der Waals surface area contributed by atoms with Crippen LogP contribution < -0.4 is 4.90 Å². The van der Waals surface area contributed by atoms with Crippen molar-refractivity contribution in [1.82, 2.24) is 0 Å². The molecular formula is C25H19NO4S. The number of anilines is 2. The molecule has 154 valence electrons. The molecule has 0 saturated heterocycles. The van der Waals surface area contributed by atoms with Gasteiger partial charge in [-0.05, 0) is 41.3 Å². The number of carbonyl (C=O) groups is 1. The number of nitrogens with zero attached hydrogens (tertiary/aromatic N) is 1. The first-order valence-corrected chi connectivity index (χ1v) is 11.0. The molecule has 0 fully saturated rings. The Kier molecular flexibility index (Phi) is 5.66. The Morgan fingerprint density at radius 2 is 1.39 bits per heavy atom. The van der Waals surface area contributed by atoms with E-state index in [4.69, 9.17) is 0 Å². The van der Waals surface area contributed by atoms with Crippen molar-refractivity contribution in [2.24, 2.45) is 0 Å². The fraction of sp³-hybridized carbons (Fsp3) is 0. The van der Waals surface area contributed by atoms with Gasteiger partial charge in [-0.25, -0.2) is 0 Å². The van der Waals surface area contributed by atoms with Crippen molar-refractivity contribution in [2.75, 3.05) is 4.90 Å². The molecule has 0 radical (unpaired) electrons. The van der Waals surface area contributed by atoms with Gasteiger partial charge in [0.25, 0.3) is 16.0 Å². The third-order valence-electron chi connectivity index (χ3n) is 4.82. The molecule has 0 saturated carbocycles. The van der Waals surface area contributed by atoms with Crippen LogP contribution in [-0.2, 0) is 14.9 Å². The minimum Gasteiger partial charge on any atom is -0.282 e. The molecule has 0 unspecified atom stereocenters. The lowest BCUT2D eigenvalue weighted by molar-refractivity contribution is -0.113. The van der Waals surface area contributed by atoms with E-state index in [-0.39, 0.29) is 16.2 Å². The second-order valence-corrected chi connectivity index (χ2v) is 8.25. The molecule has 31 heavy (non-hydrogen) atoms. The van der Waals surface area contributed by atoms with Crippen LogP contribution in [0.1, 0.15) is 5.56 Å². The molecular weight excluding hydrogens is 410 g/mol. The van der Waals surface area contributed by atoms with Crippen molar-refractivity contribution in [3.63, 3.8) is 0 Å². The van der Waals surface area contributed by atoms with Crippen LogP contribution >= 0.6 is 0 Å². The molecule has 4 aromatic carbocycles. The smallest absolute Gasteiger partial charge is 0.282 e. The normalized spacial score (nSPS) is 11.6. The molecule has 6 heteroatoms. The number of hydrogen-bond acceptors (Lipinski definition) is 3. The van der Waals surface area contributed by atoms with Crippen LogP contribution in [0.3, 0.4) is 0 Å². The zero-order valence-corrected chi connectivity index (χ0v) is 17.2. The Labute approximate surface area is 180 Å². The molecule has 0 aromatic heterocycles. The first-order chi connectivity index (χ1) is 14.9. The van der Waals surface area contributed by atoms with E-state index in [2.05, 4.69) is 0 Å². The second kappa shape index (κ2) is 8.55. The molecule has 5 nitrogen and oxygen atoms in total. The lowest BCUT2D eigenvalue weighted by Crippen LogP contribution is -2.24. The van der Waals surface area contributed by atoms with Crippen molar-refractivity contribution in [2.45, 2.75) is 4.90 Å². The molecule has 1 amide bonds. The average Bonchev–Trinajstić information content (AvgIpc) is 2.78. The van der Waals surface area contributed by atoms with Crippen LogP contribution in [0, 0.1) is 0 Å². The summed E-state index contributed by atoms with van der Waals surface area (Å²) in [6.07, 6.45) is 3.14. The van der Waals surface area contributed by atoms with Crippen LogP contribution in [0.15, 0.2) is 108 Å². The van der Waals surface area contributed by atoms with Crippen LogP contribution in [-0.4, -0.2) is 18.9 Å². The Balaban J connectivity index is 1.92. The Bertz CT molecular complexity index is 1360. The monoisotopic (exact) mass is 429 g/mol. The number of para-hydroxylation sites is 1. The minimum absolute atomic E-state index is 0.249. The van der Waals surface area contributed by atoms with Crippen molar-refractivity contribution >= 4 is 44.2 Å². The second-order valence-electron chi connectivity index (χ2n) is 6.86. The number of fused-ring (bicyclic) bond motifs is 1. The quantitative estimate of drug-likeness (QED) is 0.337. The fourth-order valence-electron chi connectivity index (χ4n) is 3.46. The van der Waals surface area contributed by atoms with E-state index in [0.717, 1.165) is 5.56 Å². The Morgan fingerprint density at radius 1 is 0.774 bits per heavy atom. The molecule has 0 aliphatic rings. The maximum absolute atomic E-state index is 13.3. The third-order valence-corrected chi connectivity index (χ3v) is 5.71. The molecule has 0 bridgehead atoms. The van der Waals surface area contributed by atoms with E-state index in [9.17, 15) is 17.8 Å². The van der Waals surface area contributed by atoms with Crippen molar-refractivity contribution in [1.29, 1.82) is 0 Å². The highest BCUT2D eigenvalue weighted by molar-refractivity contribution is 7.86. The average molecular weight is 429 g/mol. The minimum atomic E-state index is -4.50. The summed E-state index contributed by atoms with van der Waals surface area (Å²) in [4.78, 5) is 14.5. The highest BCUT2D eigenvalue weighted by Crippen LogP contribution is 2.36. The highest BCUT2D eigenvalue weighted by Gasteiger charge is 2.23. The Hall–Kier alpha value is -3.74. The summed E-state index contributed by atoms with van der Waals surface area (Å²) in [6, 6.07) is 28.1. The molecule has 1 N–H and O–H groups in total. The van der Waals surface area contributed by atoms with Crippen molar-refractivity contribution < 1.29 is 17.8 Å². The van der Waals surface area contributed by atoms with Gasteiger partial charge in [-0.2, -0.15) is 8.42 Å². The predicted octanol–water partition coefficient (Wildman–Crippen LogP) is 5.46. The van der Waals surface area contributed by atoms with Gasteiger partial charge in [0.2, 0.25) is 0 Å². The summed E-state index contributed by atoms with van der Waals surface area (Å²) in [5, 5.41) is 0.867. The summed E-state index contributed by atoms with van der Waals surface area (Å²) in [5.74, 6) is -0.354. The van der Waals surface area contributed by atoms with Gasteiger partial charge < -0.3 is 0 Å². The van der Waals surface area contributed by atoms with E-state index in [1.54, 1.807) is 60.7 Å². The summed E-state index contributed by atoms with van der Waals surface area (Å²) in [6.45, 7) is 0. The Morgan fingerprint density at radius 3 is 2.03 bits per heavy atom. The molecule has 4 rings (SSSR count). The van der Waals surface area contributed by atoms with Gasteiger partial charge in [0.1, 0.15) is 4.90 Å². The van der Waals surface area contributed by atoms with E-state index in [1.807, 2.05) is 36.4 Å². The van der Waals surface area contributed by atoms with Gasteiger partial charge >= 0.3 is 0 Å². The summed E-state index contributed by atoms with van der Waals surface area (Å²) >= 11 is 0. The lowest BCUT2D eigenvalue weighted by atomic mass is 10.1. The summed E-state index contributed by atoms with van der Waals surface area (Å²) in [5.41, 5.74) is 1.79. The third kappa shape index (κ3) is 4.40. The van der Waals surface area contributed by atoms with Crippen LogP contribution in [0.2, 0.25) is 0 Å². The summed E-state index contributed by atoms with van der Waals surface area (Å²) in [7, 11) is -4.50. The molecule has 0 aliphatic heterocycles. The van der Waals surface area contributed by atoms with Crippen LogP contribution in [0.4, 0.5) is 11.4 Å². The topological polar surface area (TPSA) is 74.7 Å². The van der Waals surface area contributed by atoms with E-state index in [0.29, 0.717) is 16.8 Å². The molecule has 0 atom stereocenters. The first-order valence-electron chi connectivity index (χ1n) is 9.57. The van der Waals surface area contributed by atoms with E-state index in [1.165, 1.54) is 17.0 Å². The molecule has 0 aliphatic carbocycles. The predicted molar refractivity (Wildman–Crippen MR) is 123 cm³/mol. The maximum Gasteiger partial charge on any atom is 0.295 e. The number of carbonyl (C=O) groups excluding carboxylic acids is 1. The van der Waals surface area contributed by atoms with E-state index < -0.39 is 10.1 Å². The highest BCUT2D eigenvalue weighted by atomic mass is 32.2. The van der Waals surface area contributed by atoms with Gasteiger partial charge in [-0.3, -0.25) is 14.2 Å².